The van der Waals surface area contributed by atoms with E-state index in [-0.39, 0.29) is 11.6 Å². The van der Waals surface area contributed by atoms with Gasteiger partial charge in [0, 0.05) is 16.9 Å². The first-order chi connectivity index (χ1) is 11.9. The van der Waals surface area contributed by atoms with Crippen molar-refractivity contribution in [2.24, 2.45) is 0 Å². The quantitative estimate of drug-likeness (QED) is 0.613. The van der Waals surface area contributed by atoms with E-state index in [9.17, 15) is 13.2 Å². The van der Waals surface area contributed by atoms with Gasteiger partial charge in [0.2, 0.25) is 5.95 Å². The predicted molar refractivity (Wildman–Crippen MR) is 91.1 cm³/mol. The number of hydrogen-bond acceptors (Lipinski definition) is 4. The van der Waals surface area contributed by atoms with Gasteiger partial charge in [-0.3, -0.25) is 0 Å². The van der Waals surface area contributed by atoms with Gasteiger partial charge in [0.1, 0.15) is 5.82 Å². The second kappa shape index (κ2) is 6.98. The predicted octanol–water partition coefficient (Wildman–Crippen LogP) is 5.34. The van der Waals surface area contributed by atoms with Gasteiger partial charge < -0.3 is 10.6 Å². The molecule has 0 atom stereocenters. The number of rotatable bonds is 4. The largest absolute Gasteiger partial charge is 0.340 e. The zero-order valence-corrected chi connectivity index (χ0v) is 13.7. The van der Waals surface area contributed by atoms with Crippen LogP contribution in [0.1, 0.15) is 5.56 Å². The molecule has 0 bridgehead atoms. The highest BCUT2D eigenvalue weighted by atomic mass is 35.5. The van der Waals surface area contributed by atoms with Gasteiger partial charge in [-0.05, 0) is 42.8 Å². The number of aromatic nitrogens is 2. The van der Waals surface area contributed by atoms with Crippen LogP contribution in [0.4, 0.5) is 36.3 Å². The molecule has 1 heterocycles. The third kappa shape index (κ3) is 3.83. The minimum atomic E-state index is -1.56. The molecule has 4 nitrogen and oxygen atoms in total. The Morgan fingerprint density at radius 3 is 2.52 bits per heavy atom. The van der Waals surface area contributed by atoms with Crippen molar-refractivity contribution in [1.29, 1.82) is 0 Å². The van der Waals surface area contributed by atoms with Gasteiger partial charge in [0.15, 0.2) is 17.5 Å². The number of aryl methyl sites for hydroxylation is 1. The first-order valence-electron chi connectivity index (χ1n) is 7.21. The SMILES string of the molecule is Cc1ccc(Nc2ccnc(Nc3ccc(F)c(F)c3F)n2)cc1Cl. The summed E-state index contributed by atoms with van der Waals surface area (Å²) in [5, 5.41) is 6.15. The molecular formula is C17H12ClF3N4. The summed E-state index contributed by atoms with van der Waals surface area (Å²) in [6.45, 7) is 1.88. The summed E-state index contributed by atoms with van der Waals surface area (Å²) in [5.74, 6) is -3.73. The van der Waals surface area contributed by atoms with Gasteiger partial charge in [-0.15, -0.1) is 0 Å². The van der Waals surface area contributed by atoms with E-state index in [4.69, 9.17) is 11.6 Å². The molecule has 3 aromatic rings. The van der Waals surface area contributed by atoms with Crippen molar-refractivity contribution in [3.05, 3.63) is 70.6 Å². The summed E-state index contributed by atoms with van der Waals surface area (Å²) in [6.07, 6.45) is 1.44. The van der Waals surface area contributed by atoms with E-state index < -0.39 is 17.5 Å². The highest BCUT2D eigenvalue weighted by Gasteiger charge is 2.14. The van der Waals surface area contributed by atoms with E-state index in [2.05, 4.69) is 20.6 Å². The van der Waals surface area contributed by atoms with Crippen molar-refractivity contribution >= 4 is 34.7 Å². The van der Waals surface area contributed by atoms with Crippen LogP contribution >= 0.6 is 11.6 Å². The monoisotopic (exact) mass is 364 g/mol. The van der Waals surface area contributed by atoms with Gasteiger partial charge in [-0.25, -0.2) is 18.2 Å². The van der Waals surface area contributed by atoms with Gasteiger partial charge in [0.25, 0.3) is 0 Å². The zero-order valence-electron chi connectivity index (χ0n) is 12.9. The standard InChI is InChI=1S/C17H12ClF3N4/c1-9-2-3-10(8-11(9)18)23-14-6-7-22-17(25-14)24-13-5-4-12(19)15(20)16(13)21/h2-8H,1H3,(H2,22,23,24,25). The Morgan fingerprint density at radius 1 is 0.960 bits per heavy atom. The van der Waals surface area contributed by atoms with Crippen LogP contribution in [-0.4, -0.2) is 9.97 Å². The lowest BCUT2D eigenvalue weighted by atomic mass is 10.2. The average molecular weight is 365 g/mol. The molecule has 0 saturated heterocycles. The van der Waals surface area contributed by atoms with Crippen LogP contribution in [0, 0.1) is 24.4 Å². The summed E-state index contributed by atoms with van der Waals surface area (Å²) >= 11 is 6.07. The molecule has 0 radical (unpaired) electrons. The minimum Gasteiger partial charge on any atom is -0.340 e. The normalized spacial score (nSPS) is 10.6. The maximum atomic E-state index is 13.7. The maximum Gasteiger partial charge on any atom is 0.229 e. The number of hydrogen-bond donors (Lipinski definition) is 2. The van der Waals surface area contributed by atoms with E-state index in [0.717, 1.165) is 17.7 Å². The fourth-order valence-corrected chi connectivity index (χ4v) is 2.23. The van der Waals surface area contributed by atoms with Crippen LogP contribution in [0.25, 0.3) is 0 Å². The molecule has 0 amide bonds. The Labute approximate surface area is 146 Å². The molecule has 2 N–H and O–H groups in total. The van der Waals surface area contributed by atoms with Crippen molar-refractivity contribution in [2.45, 2.75) is 6.92 Å². The molecule has 3 rings (SSSR count). The van der Waals surface area contributed by atoms with Gasteiger partial charge in [0.05, 0.1) is 5.69 Å². The van der Waals surface area contributed by atoms with Crippen LogP contribution in [0.2, 0.25) is 5.02 Å². The Balaban J connectivity index is 1.82. The third-order valence-electron chi connectivity index (χ3n) is 3.38. The van der Waals surface area contributed by atoms with Crippen molar-refractivity contribution < 1.29 is 13.2 Å². The Kier molecular flexibility index (Phi) is 4.76. The molecule has 8 heteroatoms. The van der Waals surface area contributed by atoms with Crippen LogP contribution < -0.4 is 10.6 Å². The van der Waals surface area contributed by atoms with E-state index in [1.807, 2.05) is 19.1 Å². The van der Waals surface area contributed by atoms with Crippen LogP contribution in [-0.2, 0) is 0 Å². The molecule has 0 aliphatic rings. The molecule has 128 valence electrons. The van der Waals surface area contributed by atoms with E-state index in [1.54, 1.807) is 12.1 Å². The maximum absolute atomic E-state index is 13.7. The lowest BCUT2D eigenvalue weighted by Crippen LogP contribution is -2.03. The highest BCUT2D eigenvalue weighted by molar-refractivity contribution is 6.31. The van der Waals surface area contributed by atoms with Crippen molar-refractivity contribution in [3.8, 4) is 0 Å². The lowest BCUT2D eigenvalue weighted by Gasteiger charge is -2.10. The molecule has 0 aliphatic carbocycles. The average Bonchev–Trinajstić information content (AvgIpc) is 2.59. The summed E-state index contributed by atoms with van der Waals surface area (Å²) in [4.78, 5) is 8.08. The molecule has 0 unspecified atom stereocenters. The highest BCUT2D eigenvalue weighted by Crippen LogP contribution is 2.24. The van der Waals surface area contributed by atoms with E-state index >= 15 is 0 Å². The second-order valence-corrected chi connectivity index (χ2v) is 5.61. The number of halogens is 4. The molecule has 2 aromatic carbocycles. The molecular weight excluding hydrogens is 353 g/mol. The van der Waals surface area contributed by atoms with Gasteiger partial charge in [-0.2, -0.15) is 4.98 Å². The van der Waals surface area contributed by atoms with Crippen molar-refractivity contribution in [3.63, 3.8) is 0 Å². The smallest absolute Gasteiger partial charge is 0.229 e. The van der Waals surface area contributed by atoms with E-state index in [0.29, 0.717) is 16.5 Å². The van der Waals surface area contributed by atoms with Crippen LogP contribution in [0.3, 0.4) is 0 Å². The minimum absolute atomic E-state index is 0.0214. The van der Waals surface area contributed by atoms with Crippen molar-refractivity contribution in [2.75, 3.05) is 10.6 Å². The van der Waals surface area contributed by atoms with Crippen molar-refractivity contribution in [1.82, 2.24) is 9.97 Å². The number of anilines is 4. The summed E-state index contributed by atoms with van der Waals surface area (Å²) < 4.78 is 40.0. The zero-order chi connectivity index (χ0) is 18.0. The molecule has 0 saturated carbocycles. The fourth-order valence-electron chi connectivity index (χ4n) is 2.05. The Bertz CT molecular complexity index is 934. The molecule has 0 aliphatic heterocycles. The van der Waals surface area contributed by atoms with Crippen LogP contribution in [0.5, 0.6) is 0 Å². The Morgan fingerprint density at radius 2 is 1.76 bits per heavy atom. The Hall–Kier alpha value is -2.80. The summed E-state index contributed by atoms with van der Waals surface area (Å²) in [7, 11) is 0. The van der Waals surface area contributed by atoms with Gasteiger partial charge in [-0.1, -0.05) is 17.7 Å². The fraction of sp³-hybridized carbons (Fsp3) is 0.0588. The summed E-state index contributed by atoms with van der Waals surface area (Å²) in [6, 6.07) is 8.89. The third-order valence-corrected chi connectivity index (χ3v) is 3.79. The number of benzene rings is 2. The van der Waals surface area contributed by atoms with E-state index in [1.165, 1.54) is 6.20 Å². The van der Waals surface area contributed by atoms with Crippen LogP contribution in [0.15, 0.2) is 42.6 Å². The first kappa shape index (κ1) is 17.0. The first-order valence-corrected chi connectivity index (χ1v) is 7.58. The number of nitrogens with zero attached hydrogens (tertiary/aromatic N) is 2. The topological polar surface area (TPSA) is 49.8 Å². The summed E-state index contributed by atoms with van der Waals surface area (Å²) in [5.41, 5.74) is 1.37. The molecule has 1 aromatic heterocycles. The molecule has 0 fully saturated rings. The second-order valence-electron chi connectivity index (χ2n) is 5.20. The lowest BCUT2D eigenvalue weighted by molar-refractivity contribution is 0.449. The molecule has 25 heavy (non-hydrogen) atoms. The van der Waals surface area contributed by atoms with Gasteiger partial charge >= 0.3 is 0 Å². The number of nitrogens with one attached hydrogen (secondary N) is 2. The molecule has 0 spiro atoms.